The lowest BCUT2D eigenvalue weighted by Crippen LogP contribution is -2.02. The van der Waals surface area contributed by atoms with Gasteiger partial charge in [0.1, 0.15) is 0 Å². The monoisotopic (exact) mass is 128 g/mol. The minimum Gasteiger partial charge on any atom is -0.442 e. The molecular formula is C5H8N2O2. The van der Waals surface area contributed by atoms with E-state index in [9.17, 15) is 0 Å². The van der Waals surface area contributed by atoms with Crippen molar-refractivity contribution < 1.29 is 9.25 Å². The minimum atomic E-state index is 0.354. The Kier molecular flexibility index (Phi) is 1.40. The zero-order chi connectivity index (χ0) is 6.85. The van der Waals surface area contributed by atoms with Crippen molar-refractivity contribution in [2.24, 2.45) is 5.90 Å². The van der Waals surface area contributed by atoms with Crippen LogP contribution in [0.25, 0.3) is 0 Å². The van der Waals surface area contributed by atoms with E-state index in [0.717, 1.165) is 0 Å². The maximum absolute atomic E-state index is 4.99. The summed E-state index contributed by atoms with van der Waals surface area (Å²) in [5, 5.41) is 0. The van der Waals surface area contributed by atoms with Crippen molar-refractivity contribution in [2.75, 3.05) is 0 Å². The second kappa shape index (κ2) is 2.06. The van der Waals surface area contributed by atoms with Crippen LogP contribution in [0.5, 0.6) is 5.88 Å². The quantitative estimate of drug-likeness (QED) is 0.561. The molecule has 0 unspecified atom stereocenters. The summed E-state index contributed by atoms with van der Waals surface area (Å²) in [5.74, 6) is 6.37. The highest BCUT2D eigenvalue weighted by Gasteiger charge is 2.04. The van der Waals surface area contributed by atoms with Crippen LogP contribution in [-0.4, -0.2) is 4.98 Å². The summed E-state index contributed by atoms with van der Waals surface area (Å²) >= 11 is 0. The molecule has 0 aliphatic rings. The van der Waals surface area contributed by atoms with Crippen LogP contribution in [0.4, 0.5) is 0 Å². The fraction of sp³-hybridized carbons (Fsp3) is 0.400. The van der Waals surface area contributed by atoms with E-state index in [0.29, 0.717) is 17.5 Å². The Morgan fingerprint density at radius 2 is 2.22 bits per heavy atom. The standard InChI is InChI=1S/C5H8N2O2/c1-3-5(9-6)7-4(2)8-3/h6H2,1-2H3. The van der Waals surface area contributed by atoms with Gasteiger partial charge in [-0.05, 0) is 6.92 Å². The summed E-state index contributed by atoms with van der Waals surface area (Å²) in [5.41, 5.74) is 0. The van der Waals surface area contributed by atoms with Gasteiger partial charge in [-0.3, -0.25) is 0 Å². The van der Waals surface area contributed by atoms with Gasteiger partial charge >= 0.3 is 0 Å². The molecule has 0 aromatic carbocycles. The summed E-state index contributed by atoms with van der Waals surface area (Å²) in [6, 6.07) is 0. The number of oxazole rings is 1. The molecule has 0 atom stereocenters. The van der Waals surface area contributed by atoms with Crippen LogP contribution in [0.15, 0.2) is 4.42 Å². The molecule has 1 rings (SSSR count). The van der Waals surface area contributed by atoms with Crippen LogP contribution in [-0.2, 0) is 0 Å². The van der Waals surface area contributed by atoms with Crippen LogP contribution < -0.4 is 10.7 Å². The van der Waals surface area contributed by atoms with Crippen LogP contribution in [0, 0.1) is 13.8 Å². The van der Waals surface area contributed by atoms with E-state index in [-0.39, 0.29) is 0 Å². The first-order valence-electron chi connectivity index (χ1n) is 2.55. The maximum atomic E-state index is 4.99. The first-order chi connectivity index (χ1) is 4.24. The predicted molar refractivity (Wildman–Crippen MR) is 30.8 cm³/mol. The lowest BCUT2D eigenvalue weighted by atomic mass is 10.6. The van der Waals surface area contributed by atoms with Crippen molar-refractivity contribution in [1.29, 1.82) is 0 Å². The van der Waals surface area contributed by atoms with Gasteiger partial charge in [-0.1, -0.05) is 0 Å². The smallest absolute Gasteiger partial charge is 0.278 e. The highest BCUT2D eigenvalue weighted by molar-refractivity contribution is 5.13. The molecule has 0 spiro atoms. The van der Waals surface area contributed by atoms with Gasteiger partial charge in [0.2, 0.25) is 0 Å². The zero-order valence-electron chi connectivity index (χ0n) is 5.34. The minimum absolute atomic E-state index is 0.354. The van der Waals surface area contributed by atoms with E-state index in [2.05, 4.69) is 9.82 Å². The molecule has 50 valence electrons. The average molecular weight is 128 g/mol. The molecule has 4 heteroatoms. The van der Waals surface area contributed by atoms with E-state index < -0.39 is 0 Å². The molecule has 0 radical (unpaired) electrons. The largest absolute Gasteiger partial charge is 0.442 e. The van der Waals surface area contributed by atoms with E-state index in [1.807, 2.05) is 0 Å². The van der Waals surface area contributed by atoms with E-state index in [1.165, 1.54) is 0 Å². The third-order valence-electron chi connectivity index (χ3n) is 0.973. The zero-order valence-corrected chi connectivity index (χ0v) is 5.34. The average Bonchev–Trinajstić information content (AvgIpc) is 2.10. The fourth-order valence-electron chi connectivity index (χ4n) is 0.619. The Morgan fingerprint density at radius 3 is 2.44 bits per heavy atom. The van der Waals surface area contributed by atoms with Crippen molar-refractivity contribution in [3.63, 3.8) is 0 Å². The predicted octanol–water partition coefficient (Wildman–Crippen LogP) is 0.544. The summed E-state index contributed by atoms with van der Waals surface area (Å²) in [6.07, 6.45) is 0. The summed E-state index contributed by atoms with van der Waals surface area (Å²) < 4.78 is 4.99. The van der Waals surface area contributed by atoms with Crippen molar-refractivity contribution in [1.82, 2.24) is 4.98 Å². The van der Waals surface area contributed by atoms with Crippen molar-refractivity contribution in [2.45, 2.75) is 13.8 Å². The van der Waals surface area contributed by atoms with Crippen LogP contribution in [0.1, 0.15) is 11.7 Å². The van der Waals surface area contributed by atoms with Crippen LogP contribution in [0.3, 0.4) is 0 Å². The molecular weight excluding hydrogens is 120 g/mol. The molecule has 0 saturated heterocycles. The Bertz CT molecular complexity index is 207. The van der Waals surface area contributed by atoms with Crippen LogP contribution in [0.2, 0.25) is 0 Å². The van der Waals surface area contributed by atoms with E-state index >= 15 is 0 Å². The molecule has 1 heterocycles. The van der Waals surface area contributed by atoms with Gasteiger partial charge in [-0.15, -0.1) is 0 Å². The highest BCUT2D eigenvalue weighted by atomic mass is 16.6. The molecule has 2 N–H and O–H groups in total. The molecule has 0 amide bonds. The number of nitrogens with zero attached hydrogens (tertiary/aromatic N) is 1. The number of rotatable bonds is 1. The lowest BCUT2D eigenvalue weighted by molar-refractivity contribution is 0.315. The maximum Gasteiger partial charge on any atom is 0.278 e. The molecule has 0 saturated carbocycles. The van der Waals surface area contributed by atoms with Crippen molar-refractivity contribution in [3.05, 3.63) is 11.7 Å². The number of aryl methyl sites for hydroxylation is 2. The summed E-state index contributed by atoms with van der Waals surface area (Å²) in [7, 11) is 0. The Labute approximate surface area is 52.6 Å². The molecule has 0 aliphatic heterocycles. The van der Waals surface area contributed by atoms with E-state index in [4.69, 9.17) is 10.3 Å². The SMILES string of the molecule is Cc1nc(ON)c(C)o1. The first-order valence-corrected chi connectivity index (χ1v) is 2.55. The molecule has 1 aromatic rings. The molecule has 0 aliphatic carbocycles. The summed E-state index contributed by atoms with van der Waals surface area (Å²) in [6.45, 7) is 3.47. The Morgan fingerprint density at radius 1 is 1.56 bits per heavy atom. The van der Waals surface area contributed by atoms with Gasteiger partial charge in [0.15, 0.2) is 11.7 Å². The van der Waals surface area contributed by atoms with Crippen molar-refractivity contribution >= 4 is 0 Å². The van der Waals surface area contributed by atoms with Gasteiger partial charge in [-0.2, -0.15) is 10.9 Å². The third kappa shape index (κ3) is 1.02. The molecule has 1 aromatic heterocycles. The number of nitrogens with two attached hydrogens (primary N) is 1. The van der Waals surface area contributed by atoms with Gasteiger partial charge < -0.3 is 9.25 Å². The Balaban J connectivity index is 3.01. The van der Waals surface area contributed by atoms with Gasteiger partial charge in [0.05, 0.1) is 0 Å². The summed E-state index contributed by atoms with van der Waals surface area (Å²) in [4.78, 5) is 8.18. The highest BCUT2D eigenvalue weighted by Crippen LogP contribution is 2.14. The fourth-order valence-corrected chi connectivity index (χ4v) is 0.619. The second-order valence-corrected chi connectivity index (χ2v) is 1.71. The van der Waals surface area contributed by atoms with Crippen molar-refractivity contribution in [3.8, 4) is 5.88 Å². The van der Waals surface area contributed by atoms with Gasteiger partial charge in [0, 0.05) is 6.92 Å². The molecule has 0 fully saturated rings. The molecule has 4 nitrogen and oxygen atoms in total. The molecule has 0 bridgehead atoms. The number of aromatic nitrogens is 1. The Hall–Kier alpha value is -1.03. The molecule has 9 heavy (non-hydrogen) atoms. The van der Waals surface area contributed by atoms with Crippen LogP contribution >= 0.6 is 0 Å². The normalized spacial score (nSPS) is 9.67. The third-order valence-corrected chi connectivity index (χ3v) is 0.973. The number of hydrogen-bond acceptors (Lipinski definition) is 4. The van der Waals surface area contributed by atoms with E-state index in [1.54, 1.807) is 13.8 Å². The van der Waals surface area contributed by atoms with Gasteiger partial charge in [-0.25, -0.2) is 0 Å². The number of hydrogen-bond donors (Lipinski definition) is 1. The van der Waals surface area contributed by atoms with Gasteiger partial charge in [0.25, 0.3) is 5.88 Å². The topological polar surface area (TPSA) is 61.3 Å². The lowest BCUT2D eigenvalue weighted by Gasteiger charge is -1.87. The first kappa shape index (κ1) is 6.10. The second-order valence-electron chi connectivity index (χ2n) is 1.71.